The van der Waals surface area contributed by atoms with Gasteiger partial charge in [0.1, 0.15) is 0 Å². The molecule has 1 heterocycles. The fraction of sp³-hybridized carbons (Fsp3) is 0.417. The van der Waals surface area contributed by atoms with Gasteiger partial charge in [-0.1, -0.05) is 31.9 Å². The molecule has 1 fully saturated rings. The Hall–Kier alpha value is -0.390. The Morgan fingerprint density at radius 2 is 1.76 bits per heavy atom. The molecule has 17 heavy (non-hydrogen) atoms. The molecule has 3 nitrogen and oxygen atoms in total. The third kappa shape index (κ3) is 3.79. The predicted molar refractivity (Wildman–Crippen MR) is 75.2 cm³/mol. The van der Waals surface area contributed by atoms with Crippen molar-refractivity contribution < 1.29 is 4.79 Å². The van der Waals surface area contributed by atoms with Crippen molar-refractivity contribution in [1.29, 1.82) is 0 Å². The monoisotopic (exact) mass is 360 g/mol. The summed E-state index contributed by atoms with van der Waals surface area (Å²) in [5.41, 5.74) is 0.685. The topological polar surface area (TPSA) is 41.1 Å². The van der Waals surface area contributed by atoms with Crippen LogP contribution in [-0.2, 0) is 0 Å². The van der Waals surface area contributed by atoms with Gasteiger partial charge in [0.2, 0.25) is 0 Å². The largest absolute Gasteiger partial charge is 0.349 e. The number of rotatable bonds is 2. The third-order valence-corrected chi connectivity index (χ3v) is 3.71. The lowest BCUT2D eigenvalue weighted by Crippen LogP contribution is -2.42. The average Bonchev–Trinajstić information content (AvgIpc) is 2.29. The van der Waals surface area contributed by atoms with Crippen molar-refractivity contribution in [2.45, 2.75) is 18.9 Å². The summed E-state index contributed by atoms with van der Waals surface area (Å²) in [6.07, 6.45) is 2.00. The Kier molecular flexibility index (Phi) is 4.59. The van der Waals surface area contributed by atoms with Gasteiger partial charge in [0, 0.05) is 20.6 Å². The average molecular weight is 362 g/mol. The first kappa shape index (κ1) is 13.1. The van der Waals surface area contributed by atoms with Gasteiger partial charge in [0.15, 0.2) is 0 Å². The molecule has 92 valence electrons. The van der Waals surface area contributed by atoms with E-state index in [1.807, 2.05) is 18.2 Å². The van der Waals surface area contributed by atoms with E-state index < -0.39 is 0 Å². The van der Waals surface area contributed by atoms with Gasteiger partial charge in [-0.2, -0.15) is 0 Å². The number of hydrogen-bond donors (Lipinski definition) is 2. The molecule has 0 saturated carbocycles. The van der Waals surface area contributed by atoms with Gasteiger partial charge in [0.05, 0.1) is 0 Å². The molecule has 1 amide bonds. The van der Waals surface area contributed by atoms with Crippen LogP contribution in [0.25, 0.3) is 0 Å². The van der Waals surface area contributed by atoms with E-state index >= 15 is 0 Å². The normalized spacial score (nSPS) is 16.8. The van der Waals surface area contributed by atoms with Crippen LogP contribution in [0.3, 0.4) is 0 Å². The van der Waals surface area contributed by atoms with E-state index in [4.69, 9.17) is 0 Å². The Bertz CT molecular complexity index is 397. The molecule has 0 aliphatic carbocycles. The van der Waals surface area contributed by atoms with Crippen molar-refractivity contribution >= 4 is 37.8 Å². The zero-order valence-electron chi connectivity index (χ0n) is 9.30. The zero-order valence-corrected chi connectivity index (χ0v) is 12.5. The summed E-state index contributed by atoms with van der Waals surface area (Å²) in [6, 6.07) is 5.88. The number of amides is 1. The Balaban J connectivity index is 2.03. The molecular formula is C12H14Br2N2O. The minimum Gasteiger partial charge on any atom is -0.349 e. The van der Waals surface area contributed by atoms with Crippen LogP contribution in [0.1, 0.15) is 23.2 Å². The van der Waals surface area contributed by atoms with Crippen molar-refractivity contribution in [2.75, 3.05) is 13.1 Å². The molecule has 1 aromatic carbocycles. The summed E-state index contributed by atoms with van der Waals surface area (Å²) in [5, 5.41) is 6.35. The van der Waals surface area contributed by atoms with E-state index in [9.17, 15) is 4.79 Å². The van der Waals surface area contributed by atoms with Crippen molar-refractivity contribution in [1.82, 2.24) is 10.6 Å². The molecule has 2 rings (SSSR count). The van der Waals surface area contributed by atoms with Gasteiger partial charge in [0.25, 0.3) is 5.91 Å². The van der Waals surface area contributed by atoms with Crippen molar-refractivity contribution in [3.05, 3.63) is 32.7 Å². The minimum absolute atomic E-state index is 0.00102. The molecular weight excluding hydrogens is 348 g/mol. The van der Waals surface area contributed by atoms with Gasteiger partial charge in [-0.3, -0.25) is 4.79 Å². The molecule has 1 saturated heterocycles. The summed E-state index contributed by atoms with van der Waals surface area (Å²) < 4.78 is 1.81. The fourth-order valence-electron chi connectivity index (χ4n) is 1.92. The van der Waals surface area contributed by atoms with Crippen LogP contribution in [0, 0.1) is 0 Å². The number of piperidine rings is 1. The van der Waals surface area contributed by atoms with Crippen LogP contribution in [0.5, 0.6) is 0 Å². The molecule has 0 radical (unpaired) electrons. The highest BCUT2D eigenvalue weighted by molar-refractivity contribution is 9.11. The predicted octanol–water partition coefficient (Wildman–Crippen LogP) is 2.69. The highest BCUT2D eigenvalue weighted by atomic mass is 79.9. The second kappa shape index (κ2) is 5.98. The quantitative estimate of drug-likeness (QED) is 0.850. The molecule has 2 N–H and O–H groups in total. The van der Waals surface area contributed by atoms with E-state index in [-0.39, 0.29) is 5.91 Å². The molecule has 0 bridgehead atoms. The number of carbonyl (C=O) groups excluding carboxylic acids is 1. The SMILES string of the molecule is O=C(NC1CCNCC1)c1cc(Br)cc(Br)c1. The van der Waals surface area contributed by atoms with Crippen LogP contribution in [-0.4, -0.2) is 25.0 Å². The summed E-state index contributed by atoms with van der Waals surface area (Å²) >= 11 is 6.77. The highest BCUT2D eigenvalue weighted by Gasteiger charge is 2.16. The van der Waals surface area contributed by atoms with E-state index in [1.54, 1.807) is 0 Å². The number of nitrogens with one attached hydrogen (secondary N) is 2. The lowest BCUT2D eigenvalue weighted by atomic mass is 10.1. The number of carbonyl (C=O) groups is 1. The molecule has 5 heteroatoms. The van der Waals surface area contributed by atoms with Gasteiger partial charge in [-0.05, 0) is 44.1 Å². The maximum atomic E-state index is 12.0. The molecule has 0 spiro atoms. The van der Waals surface area contributed by atoms with Crippen LogP contribution in [0.4, 0.5) is 0 Å². The Morgan fingerprint density at radius 1 is 1.18 bits per heavy atom. The van der Waals surface area contributed by atoms with Crippen molar-refractivity contribution in [3.8, 4) is 0 Å². The molecule has 0 unspecified atom stereocenters. The lowest BCUT2D eigenvalue weighted by Gasteiger charge is -2.23. The zero-order chi connectivity index (χ0) is 12.3. The summed E-state index contributed by atoms with van der Waals surface area (Å²) in [4.78, 5) is 12.0. The van der Waals surface area contributed by atoms with Crippen LogP contribution in [0.2, 0.25) is 0 Å². The second-order valence-corrected chi connectivity index (χ2v) is 5.99. The standard InChI is InChI=1S/C12H14Br2N2O/c13-9-5-8(6-10(14)7-9)12(17)16-11-1-3-15-4-2-11/h5-7,11,15H,1-4H2,(H,16,17). The molecule has 0 atom stereocenters. The van der Waals surface area contributed by atoms with E-state index in [2.05, 4.69) is 42.5 Å². The lowest BCUT2D eigenvalue weighted by molar-refractivity contribution is 0.0929. The smallest absolute Gasteiger partial charge is 0.251 e. The van der Waals surface area contributed by atoms with Gasteiger partial charge < -0.3 is 10.6 Å². The van der Waals surface area contributed by atoms with Gasteiger partial charge in [-0.15, -0.1) is 0 Å². The maximum absolute atomic E-state index is 12.0. The second-order valence-electron chi connectivity index (χ2n) is 4.16. The van der Waals surface area contributed by atoms with Crippen LogP contribution in [0.15, 0.2) is 27.1 Å². The van der Waals surface area contributed by atoms with Crippen LogP contribution < -0.4 is 10.6 Å². The first-order valence-corrected chi connectivity index (χ1v) is 7.21. The van der Waals surface area contributed by atoms with E-state index in [1.165, 1.54) is 0 Å². The molecule has 1 aromatic rings. The first-order chi connectivity index (χ1) is 8.15. The Labute approximate surface area is 118 Å². The number of halogens is 2. The third-order valence-electron chi connectivity index (χ3n) is 2.80. The maximum Gasteiger partial charge on any atom is 0.251 e. The minimum atomic E-state index is -0.00102. The summed E-state index contributed by atoms with van der Waals surface area (Å²) in [6.45, 7) is 1.96. The Morgan fingerprint density at radius 3 is 2.35 bits per heavy atom. The highest BCUT2D eigenvalue weighted by Crippen LogP contribution is 2.20. The number of hydrogen-bond acceptors (Lipinski definition) is 2. The van der Waals surface area contributed by atoms with Crippen molar-refractivity contribution in [2.24, 2.45) is 0 Å². The van der Waals surface area contributed by atoms with Gasteiger partial charge >= 0.3 is 0 Å². The molecule has 0 aromatic heterocycles. The fourth-order valence-corrected chi connectivity index (χ4v) is 3.21. The number of benzene rings is 1. The molecule has 1 aliphatic rings. The van der Waals surface area contributed by atoms with Crippen molar-refractivity contribution in [3.63, 3.8) is 0 Å². The van der Waals surface area contributed by atoms with Gasteiger partial charge in [-0.25, -0.2) is 0 Å². The summed E-state index contributed by atoms with van der Waals surface area (Å²) in [5.74, 6) is -0.00102. The first-order valence-electron chi connectivity index (χ1n) is 5.63. The van der Waals surface area contributed by atoms with Crippen LogP contribution >= 0.6 is 31.9 Å². The molecule has 1 aliphatic heterocycles. The van der Waals surface area contributed by atoms with E-state index in [0.717, 1.165) is 34.9 Å². The van der Waals surface area contributed by atoms with E-state index in [0.29, 0.717) is 11.6 Å². The summed E-state index contributed by atoms with van der Waals surface area (Å²) in [7, 11) is 0.